The molecule has 1 atom stereocenters. The Bertz CT molecular complexity index is 1230. The number of rotatable bonds is 5. The number of thiazole rings is 1. The summed E-state index contributed by atoms with van der Waals surface area (Å²) in [7, 11) is 3.15. The number of carbonyl (C=O) groups excluding carboxylic acids is 3. The normalized spacial score (nSPS) is 20.4. The fraction of sp³-hybridized carbons (Fsp3) is 0.478. The SMILES string of the molecule is CCOC(=O)N1CC[N+](=C2N=C3C(C(=O)N(C)C(=O)N3C)N2CCSc2nc3ccccc3s2)CC1. The lowest BCUT2D eigenvalue weighted by Crippen LogP contribution is -2.63. The van der Waals surface area contributed by atoms with Gasteiger partial charge in [-0.25, -0.2) is 19.5 Å². The summed E-state index contributed by atoms with van der Waals surface area (Å²) in [6.45, 7) is 4.77. The lowest BCUT2D eigenvalue weighted by atomic mass is 10.1. The van der Waals surface area contributed by atoms with E-state index in [1.165, 1.54) is 11.9 Å². The number of thioether (sulfide) groups is 1. The molecule has 4 heterocycles. The van der Waals surface area contributed by atoms with Crippen molar-refractivity contribution in [2.75, 3.05) is 59.2 Å². The third-order valence-electron chi connectivity index (χ3n) is 6.43. The van der Waals surface area contributed by atoms with Crippen molar-refractivity contribution >= 4 is 63.1 Å². The zero-order valence-electron chi connectivity index (χ0n) is 20.4. The fourth-order valence-electron chi connectivity index (χ4n) is 4.51. The third-order valence-corrected chi connectivity index (χ3v) is 8.59. The van der Waals surface area contributed by atoms with Crippen molar-refractivity contribution in [2.45, 2.75) is 17.3 Å². The summed E-state index contributed by atoms with van der Waals surface area (Å²) < 4.78 is 9.32. The second-order valence-corrected chi connectivity index (χ2v) is 10.9. The number of ether oxygens (including phenoxy) is 1. The van der Waals surface area contributed by atoms with E-state index in [-0.39, 0.29) is 12.0 Å². The molecule has 3 aliphatic heterocycles. The van der Waals surface area contributed by atoms with Gasteiger partial charge in [-0.15, -0.1) is 11.3 Å². The van der Waals surface area contributed by atoms with E-state index in [0.29, 0.717) is 56.9 Å². The molecule has 2 saturated heterocycles. The van der Waals surface area contributed by atoms with Gasteiger partial charge in [0.2, 0.25) is 11.9 Å². The van der Waals surface area contributed by atoms with Crippen LogP contribution in [0.25, 0.3) is 10.2 Å². The van der Waals surface area contributed by atoms with E-state index in [0.717, 1.165) is 19.5 Å². The van der Waals surface area contributed by atoms with Crippen LogP contribution in [-0.2, 0) is 9.53 Å². The van der Waals surface area contributed by atoms with Gasteiger partial charge in [0.1, 0.15) is 0 Å². The molecule has 11 nitrogen and oxygen atoms in total. The van der Waals surface area contributed by atoms with Crippen molar-refractivity contribution in [1.82, 2.24) is 24.6 Å². The van der Waals surface area contributed by atoms with Crippen molar-refractivity contribution in [2.24, 2.45) is 4.99 Å². The van der Waals surface area contributed by atoms with Crippen molar-refractivity contribution in [1.29, 1.82) is 0 Å². The molecule has 13 heteroatoms. The zero-order valence-corrected chi connectivity index (χ0v) is 22.0. The number of hydrogen-bond donors (Lipinski definition) is 0. The summed E-state index contributed by atoms with van der Waals surface area (Å²) in [6, 6.07) is 6.99. The maximum Gasteiger partial charge on any atom is 0.409 e. The van der Waals surface area contributed by atoms with E-state index >= 15 is 0 Å². The second kappa shape index (κ2) is 10.1. The predicted molar refractivity (Wildman–Crippen MR) is 138 cm³/mol. The molecule has 3 aliphatic rings. The number of urea groups is 1. The van der Waals surface area contributed by atoms with E-state index in [9.17, 15) is 14.4 Å². The third kappa shape index (κ3) is 4.41. The van der Waals surface area contributed by atoms with Crippen molar-refractivity contribution in [3.63, 3.8) is 0 Å². The molecule has 4 amide bonds. The molecule has 0 aliphatic carbocycles. The minimum absolute atomic E-state index is 0.290. The number of para-hydroxylation sites is 1. The highest BCUT2D eigenvalue weighted by Crippen LogP contribution is 2.30. The summed E-state index contributed by atoms with van der Waals surface area (Å²) in [6.07, 6.45) is -0.320. The number of benzene rings is 1. The Morgan fingerprint density at radius 2 is 1.94 bits per heavy atom. The Kier molecular flexibility index (Phi) is 6.84. The first-order chi connectivity index (χ1) is 17.4. The van der Waals surface area contributed by atoms with Crippen LogP contribution in [0.3, 0.4) is 0 Å². The Balaban J connectivity index is 1.37. The average molecular weight is 531 g/mol. The first kappa shape index (κ1) is 24.5. The van der Waals surface area contributed by atoms with E-state index in [2.05, 4.69) is 10.6 Å². The minimum atomic E-state index is -0.660. The standard InChI is InChI=1S/C23H28N7O4S2/c1-4-34-23(33)29-11-9-28(10-12-29)20-25-18-17(19(31)27(3)22(32)26(18)2)30(20)13-14-35-21-24-15-7-5-6-8-16(15)36-21/h5-8,17H,4,9-14H2,1-3H3/q+1. The number of nitrogens with zero attached hydrogens (tertiary/aromatic N) is 7. The molecule has 1 aromatic heterocycles. The van der Waals surface area contributed by atoms with Crippen LogP contribution in [0.15, 0.2) is 33.6 Å². The van der Waals surface area contributed by atoms with Gasteiger partial charge < -0.3 is 9.64 Å². The lowest BCUT2D eigenvalue weighted by Gasteiger charge is -2.33. The summed E-state index contributed by atoms with van der Waals surface area (Å²) in [5, 5.41) is 0. The topological polar surface area (TPSA) is 102 Å². The van der Waals surface area contributed by atoms with E-state index < -0.39 is 12.1 Å². The maximum atomic E-state index is 13.2. The highest BCUT2D eigenvalue weighted by atomic mass is 32.2. The molecule has 2 aromatic rings. The maximum absolute atomic E-state index is 13.2. The molecule has 2 fully saturated rings. The van der Waals surface area contributed by atoms with Crippen molar-refractivity contribution in [3.05, 3.63) is 24.3 Å². The van der Waals surface area contributed by atoms with Crippen LogP contribution in [-0.4, -0.2) is 124 Å². The molecule has 1 unspecified atom stereocenters. The molecule has 0 spiro atoms. The van der Waals surface area contributed by atoms with Gasteiger partial charge in [0.25, 0.3) is 5.91 Å². The van der Waals surface area contributed by atoms with Crippen molar-refractivity contribution < 1.29 is 23.7 Å². The average Bonchev–Trinajstić information content (AvgIpc) is 3.48. The predicted octanol–water partition coefficient (Wildman–Crippen LogP) is 1.84. The Labute approximate surface area is 217 Å². The van der Waals surface area contributed by atoms with Gasteiger partial charge >= 0.3 is 18.1 Å². The molecule has 36 heavy (non-hydrogen) atoms. The second-order valence-electron chi connectivity index (χ2n) is 8.57. The minimum Gasteiger partial charge on any atom is -0.450 e. The smallest absolute Gasteiger partial charge is 0.409 e. The van der Waals surface area contributed by atoms with Gasteiger partial charge in [-0.2, -0.15) is 0 Å². The quantitative estimate of drug-likeness (QED) is 0.429. The Morgan fingerprint density at radius 1 is 1.19 bits per heavy atom. The number of hydrogen-bond acceptors (Lipinski definition) is 7. The summed E-state index contributed by atoms with van der Waals surface area (Å²) in [5.41, 5.74) is 0.979. The molecular weight excluding hydrogens is 502 g/mol. The summed E-state index contributed by atoms with van der Waals surface area (Å²) in [4.78, 5) is 53.6. The molecular formula is C23H28N7O4S2+. The number of likely N-dealkylation sites (N-methyl/N-ethyl adjacent to an activating group) is 2. The fourth-order valence-corrected chi connectivity index (χ4v) is 6.59. The largest absolute Gasteiger partial charge is 0.450 e. The number of aliphatic imine (C=N–C) groups is 1. The molecule has 1 aromatic carbocycles. The van der Waals surface area contributed by atoms with Gasteiger partial charge in [-0.05, 0) is 19.1 Å². The number of amides is 4. The highest BCUT2D eigenvalue weighted by molar-refractivity contribution is 8.01. The number of carbonyl (C=O) groups is 3. The van der Waals surface area contributed by atoms with E-state index in [1.54, 1.807) is 42.0 Å². The van der Waals surface area contributed by atoms with Gasteiger partial charge in [0.15, 0.2) is 4.34 Å². The molecule has 0 N–H and O–H groups in total. The summed E-state index contributed by atoms with van der Waals surface area (Å²) in [5.74, 6) is 1.50. The van der Waals surface area contributed by atoms with Gasteiger partial charge in [0.05, 0.1) is 49.5 Å². The first-order valence-electron chi connectivity index (χ1n) is 11.8. The van der Waals surface area contributed by atoms with E-state index in [1.807, 2.05) is 23.1 Å². The first-order valence-corrected chi connectivity index (χ1v) is 13.6. The van der Waals surface area contributed by atoms with Gasteiger partial charge in [-0.1, -0.05) is 28.9 Å². The molecule has 0 bridgehead atoms. The number of aromatic nitrogens is 1. The number of amidine groups is 1. The van der Waals surface area contributed by atoms with Crippen LogP contribution in [0.4, 0.5) is 9.59 Å². The van der Waals surface area contributed by atoms with Crippen molar-refractivity contribution in [3.8, 4) is 0 Å². The van der Waals surface area contributed by atoms with Gasteiger partial charge in [0, 0.05) is 19.8 Å². The lowest BCUT2D eigenvalue weighted by molar-refractivity contribution is -0.543. The van der Waals surface area contributed by atoms with Crippen LogP contribution in [0, 0.1) is 0 Å². The van der Waals surface area contributed by atoms with Crippen LogP contribution in [0.5, 0.6) is 0 Å². The summed E-state index contributed by atoms with van der Waals surface area (Å²) >= 11 is 3.29. The Hall–Kier alpha value is -3.19. The molecule has 0 radical (unpaired) electrons. The van der Waals surface area contributed by atoms with Gasteiger partial charge in [-0.3, -0.25) is 19.2 Å². The number of imide groups is 1. The van der Waals surface area contributed by atoms with Crippen LogP contribution in [0.2, 0.25) is 0 Å². The Morgan fingerprint density at radius 3 is 2.67 bits per heavy atom. The highest BCUT2D eigenvalue weighted by Gasteiger charge is 2.55. The number of fused-ring (bicyclic) bond motifs is 2. The van der Waals surface area contributed by atoms with Crippen LogP contribution >= 0.6 is 23.1 Å². The van der Waals surface area contributed by atoms with E-state index in [4.69, 9.17) is 14.7 Å². The van der Waals surface area contributed by atoms with Crippen LogP contribution < -0.4 is 0 Å². The number of piperazine rings is 1. The molecule has 5 rings (SSSR count). The van der Waals surface area contributed by atoms with Crippen LogP contribution in [0.1, 0.15) is 6.92 Å². The zero-order chi connectivity index (χ0) is 25.4. The number of guanidine groups is 1. The monoisotopic (exact) mass is 530 g/mol. The molecule has 0 saturated carbocycles. The molecule has 190 valence electrons.